The summed E-state index contributed by atoms with van der Waals surface area (Å²) < 4.78 is 10.4. The first-order valence-electron chi connectivity index (χ1n) is 7.13. The van der Waals surface area contributed by atoms with Gasteiger partial charge < -0.3 is 20.1 Å². The first kappa shape index (κ1) is 15.9. The highest BCUT2D eigenvalue weighted by Gasteiger charge is 2.38. The normalized spacial score (nSPS) is 20.8. The Morgan fingerprint density at radius 3 is 2.86 bits per heavy atom. The van der Waals surface area contributed by atoms with Crippen molar-refractivity contribution in [1.29, 1.82) is 0 Å². The maximum Gasteiger partial charge on any atom is 0.319 e. The molecule has 1 saturated heterocycles. The molecule has 0 aliphatic carbocycles. The van der Waals surface area contributed by atoms with Crippen molar-refractivity contribution in [3.63, 3.8) is 0 Å². The molecule has 1 aliphatic heterocycles. The van der Waals surface area contributed by atoms with Crippen LogP contribution in [-0.4, -0.2) is 25.7 Å². The third kappa shape index (κ3) is 3.39. The van der Waals surface area contributed by atoms with Crippen molar-refractivity contribution < 1.29 is 19.1 Å². The molecule has 6 nitrogen and oxygen atoms in total. The number of nitrogens with one attached hydrogen (secondary N) is 2. The van der Waals surface area contributed by atoms with E-state index in [-0.39, 0.29) is 0 Å². The van der Waals surface area contributed by atoms with Crippen molar-refractivity contribution >= 4 is 12.0 Å². The summed E-state index contributed by atoms with van der Waals surface area (Å²) in [5, 5.41) is 5.29. The van der Waals surface area contributed by atoms with Crippen molar-refractivity contribution in [2.45, 2.75) is 19.4 Å². The van der Waals surface area contributed by atoms with Crippen molar-refractivity contribution in [3.8, 4) is 5.75 Å². The molecule has 0 spiro atoms. The van der Waals surface area contributed by atoms with Gasteiger partial charge in [-0.2, -0.15) is 0 Å². The van der Waals surface area contributed by atoms with E-state index < -0.39 is 24.0 Å². The molecule has 1 fully saturated rings. The smallest absolute Gasteiger partial charge is 0.319 e. The number of urea groups is 1. The second-order valence-electron chi connectivity index (χ2n) is 5.02. The van der Waals surface area contributed by atoms with E-state index >= 15 is 0 Å². The maximum atomic E-state index is 12.3. The van der Waals surface area contributed by atoms with Crippen LogP contribution in [0.25, 0.3) is 0 Å². The Bertz CT molecular complexity index is 585. The van der Waals surface area contributed by atoms with Crippen LogP contribution in [0.4, 0.5) is 4.79 Å². The Labute approximate surface area is 129 Å². The zero-order chi connectivity index (χ0) is 16.1. The quantitative estimate of drug-likeness (QED) is 0.817. The fraction of sp³-hybridized carbons (Fsp3) is 0.375. The van der Waals surface area contributed by atoms with E-state index in [0.29, 0.717) is 18.1 Å². The molecule has 6 heteroatoms. The lowest BCUT2D eigenvalue weighted by molar-refractivity contribution is -0.148. The molecule has 2 rings (SSSR count). The monoisotopic (exact) mass is 304 g/mol. The molecule has 22 heavy (non-hydrogen) atoms. The number of benzene rings is 1. The molecule has 1 heterocycles. The van der Waals surface area contributed by atoms with Gasteiger partial charge in [0.2, 0.25) is 0 Å². The number of hydrogen-bond donors (Lipinski definition) is 2. The molecule has 0 aromatic heterocycles. The van der Waals surface area contributed by atoms with Crippen molar-refractivity contribution in [3.05, 3.63) is 42.1 Å². The van der Waals surface area contributed by atoms with E-state index in [1.54, 1.807) is 25.3 Å². The third-order valence-corrected chi connectivity index (χ3v) is 3.42. The van der Waals surface area contributed by atoms with Crippen molar-refractivity contribution in [2.24, 2.45) is 5.92 Å². The van der Waals surface area contributed by atoms with Crippen molar-refractivity contribution in [1.82, 2.24) is 10.6 Å². The molecular formula is C16H20N2O4. The van der Waals surface area contributed by atoms with Gasteiger partial charge in [0.25, 0.3) is 0 Å². The van der Waals surface area contributed by atoms with Gasteiger partial charge in [0.1, 0.15) is 11.7 Å². The predicted molar refractivity (Wildman–Crippen MR) is 81.3 cm³/mol. The van der Waals surface area contributed by atoms with Gasteiger partial charge in [-0.15, -0.1) is 0 Å². The third-order valence-electron chi connectivity index (χ3n) is 3.42. The van der Waals surface area contributed by atoms with Crippen LogP contribution in [0.15, 0.2) is 36.5 Å². The average molecular weight is 304 g/mol. The van der Waals surface area contributed by atoms with Crippen LogP contribution in [0.3, 0.4) is 0 Å². The summed E-state index contributed by atoms with van der Waals surface area (Å²) in [6.07, 6.45) is 0.731. The van der Waals surface area contributed by atoms with E-state index in [2.05, 4.69) is 17.2 Å². The van der Waals surface area contributed by atoms with Gasteiger partial charge in [0, 0.05) is 5.70 Å². The topological polar surface area (TPSA) is 76.7 Å². The molecule has 118 valence electrons. The van der Waals surface area contributed by atoms with E-state index in [1.165, 1.54) is 0 Å². The summed E-state index contributed by atoms with van der Waals surface area (Å²) in [6, 6.07) is 6.28. The molecule has 2 N–H and O–H groups in total. The van der Waals surface area contributed by atoms with Crippen LogP contribution in [0.2, 0.25) is 0 Å². The summed E-state index contributed by atoms with van der Waals surface area (Å²) in [5.41, 5.74) is 1.09. The summed E-state index contributed by atoms with van der Waals surface area (Å²) >= 11 is 0. The molecule has 1 aliphatic rings. The Morgan fingerprint density at radius 2 is 2.18 bits per heavy atom. The molecule has 0 saturated carbocycles. The highest BCUT2D eigenvalue weighted by Crippen LogP contribution is 2.31. The van der Waals surface area contributed by atoms with Crippen LogP contribution in [0, 0.1) is 5.92 Å². The largest absolute Gasteiger partial charge is 0.497 e. The molecule has 0 radical (unpaired) electrons. The molecule has 1 aromatic carbocycles. The SMILES string of the molecule is C=C1NC(=O)N[C@H](c2cccc(OC)c2)[C@@H]1C(=O)OCCC. The molecule has 2 amide bonds. The fourth-order valence-electron chi connectivity index (χ4n) is 2.37. The van der Waals surface area contributed by atoms with Gasteiger partial charge in [-0.1, -0.05) is 25.6 Å². The molecule has 1 aromatic rings. The second-order valence-corrected chi connectivity index (χ2v) is 5.02. The zero-order valence-corrected chi connectivity index (χ0v) is 12.7. The molecule has 0 unspecified atom stereocenters. The minimum absolute atomic E-state index is 0.331. The first-order valence-corrected chi connectivity index (χ1v) is 7.13. The zero-order valence-electron chi connectivity index (χ0n) is 12.7. The lowest BCUT2D eigenvalue weighted by atomic mass is 9.89. The number of amides is 2. The Morgan fingerprint density at radius 1 is 1.41 bits per heavy atom. The van der Waals surface area contributed by atoms with Gasteiger partial charge in [-0.05, 0) is 24.1 Å². The van der Waals surface area contributed by atoms with E-state index in [1.807, 2.05) is 13.0 Å². The molecule has 2 atom stereocenters. The number of methoxy groups -OCH3 is 1. The number of carbonyl (C=O) groups is 2. The molecular weight excluding hydrogens is 284 g/mol. The van der Waals surface area contributed by atoms with E-state index in [4.69, 9.17) is 9.47 Å². The molecule has 0 bridgehead atoms. The average Bonchev–Trinajstić information content (AvgIpc) is 2.51. The highest BCUT2D eigenvalue weighted by atomic mass is 16.5. The van der Waals surface area contributed by atoms with Crippen LogP contribution in [0.5, 0.6) is 5.75 Å². The summed E-state index contributed by atoms with van der Waals surface area (Å²) in [6.45, 7) is 6.04. The standard InChI is InChI=1S/C16H20N2O4/c1-4-8-22-15(19)13-10(2)17-16(20)18-14(13)11-6-5-7-12(9-11)21-3/h5-7,9,13-14H,2,4,8H2,1,3H3,(H2,17,18,20)/t13-,14-/m1/s1. The van der Waals surface area contributed by atoms with Gasteiger partial charge in [0.15, 0.2) is 0 Å². The van der Waals surface area contributed by atoms with Gasteiger partial charge in [-0.25, -0.2) is 4.79 Å². The number of carbonyl (C=O) groups excluding carboxylic acids is 2. The van der Waals surface area contributed by atoms with Gasteiger partial charge >= 0.3 is 12.0 Å². The van der Waals surface area contributed by atoms with Crippen molar-refractivity contribution in [2.75, 3.05) is 13.7 Å². The number of rotatable bonds is 5. The Hall–Kier alpha value is -2.50. The maximum absolute atomic E-state index is 12.3. The fourth-order valence-corrected chi connectivity index (χ4v) is 2.37. The van der Waals surface area contributed by atoms with Crippen LogP contribution in [0.1, 0.15) is 24.9 Å². The summed E-state index contributed by atoms with van der Waals surface area (Å²) in [5.74, 6) is -0.444. The Balaban J connectivity index is 2.31. The predicted octanol–water partition coefficient (Wildman–Crippen LogP) is 2.13. The number of hydrogen-bond acceptors (Lipinski definition) is 4. The lowest BCUT2D eigenvalue weighted by Gasteiger charge is -2.33. The number of esters is 1. The number of ether oxygens (including phenoxy) is 2. The minimum atomic E-state index is -0.684. The second kappa shape index (κ2) is 6.98. The highest BCUT2D eigenvalue weighted by molar-refractivity contribution is 5.85. The van der Waals surface area contributed by atoms with Crippen LogP contribution < -0.4 is 15.4 Å². The van der Waals surface area contributed by atoms with E-state index in [9.17, 15) is 9.59 Å². The summed E-state index contributed by atoms with van der Waals surface area (Å²) in [4.78, 5) is 24.0. The minimum Gasteiger partial charge on any atom is -0.497 e. The lowest BCUT2D eigenvalue weighted by Crippen LogP contribution is -2.51. The summed E-state index contributed by atoms with van der Waals surface area (Å²) in [7, 11) is 1.56. The first-order chi connectivity index (χ1) is 10.6. The Kier molecular flexibility index (Phi) is 5.04. The van der Waals surface area contributed by atoms with Crippen LogP contribution >= 0.6 is 0 Å². The van der Waals surface area contributed by atoms with E-state index in [0.717, 1.165) is 12.0 Å². The van der Waals surface area contributed by atoms with Gasteiger partial charge in [-0.3, -0.25) is 4.79 Å². The van der Waals surface area contributed by atoms with Gasteiger partial charge in [0.05, 0.1) is 19.8 Å². The van der Waals surface area contributed by atoms with Crippen LogP contribution in [-0.2, 0) is 9.53 Å².